The summed E-state index contributed by atoms with van der Waals surface area (Å²) in [5, 5.41) is 25.3. The number of nitrogens with one attached hydrogen (secondary N) is 4. The number of hydrogen-bond acceptors (Lipinski definition) is 7. The van der Waals surface area contributed by atoms with Crippen molar-refractivity contribution in [2.24, 2.45) is 0 Å². The molecule has 4 amide bonds. The average Bonchev–Trinajstić information content (AvgIpc) is 2.40. The SMILES string of the molecule is O=C1NCc2ccc(cc2)CNC(=O)c2cccc(c2)C(=O)NCc2ccc(cc2)CNC(=O)c2cccc1c2.O=c1c(-c2ccc(N(Cc3ccccc3)Cc3ccccc3)cc2)c([O-])c1=[N+](Cc1ccccc1)Cc1ccccc1. The van der Waals surface area contributed by atoms with Crippen molar-refractivity contribution in [1.29, 1.82) is 0 Å². The Morgan fingerprint density at radius 1 is 0.354 bits per heavy atom. The number of benzene rings is 9. The first-order valence-electron chi connectivity index (χ1n) is 27.2. The first kappa shape index (κ1) is 54.9. The van der Waals surface area contributed by atoms with Crippen LogP contribution in [0.4, 0.5) is 5.69 Å². The molecule has 0 aromatic heterocycles. The third-order valence-corrected chi connectivity index (χ3v) is 14.2. The van der Waals surface area contributed by atoms with Crippen LogP contribution < -0.4 is 46.6 Å². The summed E-state index contributed by atoms with van der Waals surface area (Å²) in [4.78, 5) is 66.8. The molecule has 14 rings (SSSR count). The van der Waals surface area contributed by atoms with Gasteiger partial charge < -0.3 is 31.3 Å². The molecule has 0 atom stereocenters. The van der Waals surface area contributed by atoms with E-state index in [1.165, 1.54) is 11.1 Å². The summed E-state index contributed by atoms with van der Waals surface area (Å²) in [6, 6.07) is 76.7. The maximum Gasteiger partial charge on any atom is 0.255 e. The third-order valence-electron chi connectivity index (χ3n) is 14.2. The molecule has 4 aliphatic heterocycles. The Labute approximate surface area is 476 Å². The topological polar surface area (TPSA) is 163 Å². The Hall–Kier alpha value is -10.5. The van der Waals surface area contributed by atoms with Gasteiger partial charge >= 0.3 is 0 Å². The van der Waals surface area contributed by atoms with E-state index in [1.807, 2.05) is 150 Å². The summed E-state index contributed by atoms with van der Waals surface area (Å²) in [6.45, 7) is 3.72. The molecule has 0 fully saturated rings. The van der Waals surface area contributed by atoms with Crippen LogP contribution in [0, 0.1) is 0 Å². The van der Waals surface area contributed by atoms with Gasteiger partial charge in [0.25, 0.3) is 29.1 Å². The zero-order valence-corrected chi connectivity index (χ0v) is 45.1. The van der Waals surface area contributed by atoms with E-state index in [2.05, 4.69) is 74.7 Å². The molecule has 4 aliphatic rings. The van der Waals surface area contributed by atoms with E-state index in [-0.39, 0.29) is 45.7 Å². The second-order valence-corrected chi connectivity index (χ2v) is 20.1. The van der Waals surface area contributed by atoms with E-state index in [0.717, 1.165) is 52.2 Å². The molecule has 0 radical (unpaired) electrons. The lowest BCUT2D eigenvalue weighted by Crippen LogP contribution is -2.47. The normalized spacial score (nSPS) is 12.7. The summed E-state index contributed by atoms with van der Waals surface area (Å²) in [5.41, 5.74) is 11.4. The predicted molar refractivity (Wildman–Crippen MR) is 319 cm³/mol. The summed E-state index contributed by atoms with van der Waals surface area (Å²) in [7, 11) is 0. The Kier molecular flexibility index (Phi) is 17.7. The maximum absolute atomic E-state index is 13.5. The number of carbonyl (C=O) groups excluding carboxylic acids is 4. The molecular formula is C70H60N6O6. The Bertz CT molecular complexity index is 3590. The zero-order chi connectivity index (χ0) is 56.6. The van der Waals surface area contributed by atoms with Crippen LogP contribution in [-0.2, 0) is 52.4 Å². The first-order valence-corrected chi connectivity index (χ1v) is 27.2. The van der Waals surface area contributed by atoms with Crippen LogP contribution in [0.2, 0.25) is 0 Å². The van der Waals surface area contributed by atoms with Gasteiger partial charge in [0.05, 0.1) is 0 Å². The zero-order valence-electron chi connectivity index (χ0n) is 45.1. The van der Waals surface area contributed by atoms with E-state index in [4.69, 9.17) is 0 Å². The standard InChI is InChI=1S/C38H32N2O2.C32H28N4O4/c41-37-35(38(42)36(37)40(27-31-17-9-3-10-18-31)28-32-19-11-4-12-20-32)33-21-23-34(24-22-33)39(25-29-13-5-1-6-14-29)26-30-15-7-2-8-16-30;37-29-25-3-1-4-26(15-25)30(38)34-18-22-9-13-24(14-10-22)20-36-32(40)28-6-2-5-27(16-28)31(39)35-19-23-11-7-21(8-12-23)17-33-29/h1-24H,25-28H2;1-16H,17-20H2,(H,33,37)(H,34,38)(H,35,39)(H,36,40). The number of anilines is 1. The van der Waals surface area contributed by atoms with Gasteiger partial charge in [-0.3, -0.25) is 24.0 Å². The number of hydrogen-bond donors (Lipinski definition) is 4. The number of nitrogens with zero attached hydrogens (tertiary/aromatic N) is 2. The Balaban J connectivity index is 0.000000184. The molecule has 0 saturated carbocycles. The monoisotopic (exact) mass is 1080 g/mol. The van der Waals surface area contributed by atoms with E-state index in [9.17, 15) is 29.1 Å². The van der Waals surface area contributed by atoms with Crippen molar-refractivity contribution in [2.45, 2.75) is 52.4 Å². The highest BCUT2D eigenvalue weighted by molar-refractivity contribution is 6.00. The molecule has 0 spiro atoms. The minimum Gasteiger partial charge on any atom is -0.867 e. The second-order valence-electron chi connectivity index (χ2n) is 20.1. The number of carbonyl (C=O) groups is 4. The van der Waals surface area contributed by atoms with Crippen LogP contribution in [0.25, 0.3) is 11.1 Å². The van der Waals surface area contributed by atoms with Crippen molar-refractivity contribution in [2.75, 3.05) is 4.90 Å². The molecule has 4 heterocycles. The van der Waals surface area contributed by atoms with Crippen molar-refractivity contribution in [3.05, 3.63) is 325 Å². The van der Waals surface area contributed by atoms with Gasteiger partial charge in [-0.05, 0) is 93.2 Å². The molecule has 0 aliphatic carbocycles. The molecule has 406 valence electrons. The van der Waals surface area contributed by atoms with Gasteiger partial charge in [0.15, 0.2) is 13.1 Å². The van der Waals surface area contributed by atoms with Crippen LogP contribution in [0.15, 0.2) is 247 Å². The van der Waals surface area contributed by atoms with Crippen LogP contribution >= 0.6 is 0 Å². The fourth-order valence-corrected chi connectivity index (χ4v) is 9.73. The quantitative estimate of drug-likeness (QED) is 0.0992. The van der Waals surface area contributed by atoms with Crippen LogP contribution in [0.3, 0.4) is 0 Å². The molecule has 10 aromatic rings. The number of amides is 4. The lowest BCUT2D eigenvalue weighted by Gasteiger charge is -2.26. The van der Waals surface area contributed by atoms with Gasteiger partial charge in [0.2, 0.25) is 5.36 Å². The minimum absolute atomic E-state index is 0.190. The molecule has 4 N–H and O–H groups in total. The van der Waals surface area contributed by atoms with E-state index >= 15 is 0 Å². The van der Waals surface area contributed by atoms with E-state index in [1.54, 1.807) is 48.5 Å². The van der Waals surface area contributed by atoms with Crippen molar-refractivity contribution < 1.29 is 24.3 Å². The summed E-state index contributed by atoms with van der Waals surface area (Å²) in [6.07, 6.45) is 0. The van der Waals surface area contributed by atoms with Gasteiger partial charge in [-0.25, -0.2) is 4.58 Å². The van der Waals surface area contributed by atoms with Crippen LogP contribution in [0.1, 0.15) is 85.9 Å². The largest absolute Gasteiger partial charge is 0.867 e. The van der Waals surface area contributed by atoms with Gasteiger partial charge in [-0.15, -0.1) is 0 Å². The predicted octanol–water partition coefficient (Wildman–Crippen LogP) is 9.76. The molecule has 12 nitrogen and oxygen atoms in total. The molecule has 12 heteroatoms. The fourth-order valence-electron chi connectivity index (χ4n) is 9.73. The Morgan fingerprint density at radius 2 is 0.671 bits per heavy atom. The highest BCUT2D eigenvalue weighted by Crippen LogP contribution is 2.28. The molecule has 0 unspecified atom stereocenters. The third kappa shape index (κ3) is 14.2. The summed E-state index contributed by atoms with van der Waals surface area (Å²) < 4.78 is 1.91. The lowest BCUT2D eigenvalue weighted by atomic mass is 9.98. The van der Waals surface area contributed by atoms with Gasteiger partial charge in [-0.2, -0.15) is 0 Å². The highest BCUT2D eigenvalue weighted by atomic mass is 16.3. The minimum atomic E-state index is -0.280. The molecule has 8 bridgehead atoms. The molecular weight excluding hydrogens is 1020 g/mol. The number of rotatable bonds is 10. The van der Waals surface area contributed by atoms with E-state index in [0.29, 0.717) is 67.1 Å². The van der Waals surface area contributed by atoms with E-state index < -0.39 is 0 Å². The van der Waals surface area contributed by atoms with Crippen molar-refractivity contribution in [3.63, 3.8) is 0 Å². The maximum atomic E-state index is 13.5. The van der Waals surface area contributed by atoms with Gasteiger partial charge in [-0.1, -0.05) is 194 Å². The van der Waals surface area contributed by atoms with Crippen molar-refractivity contribution in [1.82, 2.24) is 25.8 Å². The highest BCUT2D eigenvalue weighted by Gasteiger charge is 2.23. The van der Waals surface area contributed by atoms with Gasteiger partial charge in [0, 0.05) is 83.9 Å². The van der Waals surface area contributed by atoms with Crippen LogP contribution in [-0.4, -0.2) is 23.6 Å². The summed E-state index contributed by atoms with van der Waals surface area (Å²) in [5.74, 6) is -1.31. The molecule has 0 saturated heterocycles. The van der Waals surface area contributed by atoms with Crippen molar-refractivity contribution >= 4 is 29.3 Å². The average molecular weight is 1080 g/mol. The summed E-state index contributed by atoms with van der Waals surface area (Å²) >= 11 is 0. The second kappa shape index (κ2) is 26.5. The lowest BCUT2D eigenvalue weighted by molar-refractivity contribution is -0.271. The van der Waals surface area contributed by atoms with Gasteiger partial charge in [0.1, 0.15) is 0 Å². The molecule has 82 heavy (non-hydrogen) atoms. The molecule has 10 aromatic carbocycles. The fraction of sp³-hybridized carbons (Fsp3) is 0.114. The van der Waals surface area contributed by atoms with Crippen LogP contribution in [0.5, 0.6) is 5.75 Å². The Morgan fingerprint density at radius 3 is 0.988 bits per heavy atom. The van der Waals surface area contributed by atoms with Crippen molar-refractivity contribution in [3.8, 4) is 16.9 Å². The smallest absolute Gasteiger partial charge is 0.255 e. The first-order chi connectivity index (χ1) is 40.1.